The van der Waals surface area contributed by atoms with Gasteiger partial charge in [0.1, 0.15) is 13.2 Å². The monoisotopic (exact) mass is 325 g/mol. The number of carbonyl (C=O) groups excluding carboxylic acids is 1. The van der Waals surface area contributed by atoms with Crippen LogP contribution >= 0.6 is 11.6 Å². The molecule has 0 spiro atoms. The number of nitrogens with zero attached hydrogens (tertiary/aromatic N) is 1. The van der Waals surface area contributed by atoms with Crippen LogP contribution in [0.25, 0.3) is 6.08 Å². The first-order chi connectivity index (χ1) is 10.6. The van der Waals surface area contributed by atoms with Gasteiger partial charge in [0.15, 0.2) is 11.5 Å². The third-order valence-corrected chi connectivity index (χ3v) is 3.54. The first-order valence-electron chi connectivity index (χ1n) is 7.13. The molecule has 6 heteroatoms. The van der Waals surface area contributed by atoms with Crippen LogP contribution in [-0.2, 0) is 9.53 Å². The SMILES string of the molecule is COCCCN(C)C(=O)/C=C/c1cc(Cl)c2c(c1)OCCO2. The Bertz CT molecular complexity index is 559. The van der Waals surface area contributed by atoms with Crippen LogP contribution in [-0.4, -0.2) is 51.3 Å². The molecule has 0 bridgehead atoms. The van der Waals surface area contributed by atoms with Crippen molar-refractivity contribution in [2.75, 3.05) is 40.5 Å². The zero-order chi connectivity index (χ0) is 15.9. The molecule has 2 rings (SSSR count). The van der Waals surface area contributed by atoms with Crippen molar-refractivity contribution in [2.45, 2.75) is 6.42 Å². The van der Waals surface area contributed by atoms with Crippen molar-refractivity contribution >= 4 is 23.6 Å². The number of amides is 1. The summed E-state index contributed by atoms with van der Waals surface area (Å²) in [6, 6.07) is 3.57. The van der Waals surface area contributed by atoms with E-state index >= 15 is 0 Å². The predicted octanol–water partition coefficient (Wildman–Crippen LogP) is 2.62. The number of hydrogen-bond donors (Lipinski definition) is 0. The maximum atomic E-state index is 12.0. The molecule has 1 amide bonds. The highest BCUT2D eigenvalue weighted by molar-refractivity contribution is 6.32. The number of rotatable bonds is 6. The number of benzene rings is 1. The number of halogens is 1. The van der Waals surface area contributed by atoms with Crippen LogP contribution in [0, 0.1) is 0 Å². The highest BCUT2D eigenvalue weighted by Crippen LogP contribution is 2.38. The minimum absolute atomic E-state index is 0.0675. The third-order valence-electron chi connectivity index (χ3n) is 3.26. The lowest BCUT2D eigenvalue weighted by Crippen LogP contribution is -2.26. The molecule has 0 aliphatic carbocycles. The van der Waals surface area contributed by atoms with Crippen molar-refractivity contribution in [2.24, 2.45) is 0 Å². The van der Waals surface area contributed by atoms with Gasteiger partial charge in [0.05, 0.1) is 5.02 Å². The van der Waals surface area contributed by atoms with Gasteiger partial charge in [-0.15, -0.1) is 0 Å². The maximum Gasteiger partial charge on any atom is 0.246 e. The van der Waals surface area contributed by atoms with E-state index < -0.39 is 0 Å². The molecule has 5 nitrogen and oxygen atoms in total. The summed E-state index contributed by atoms with van der Waals surface area (Å²) in [7, 11) is 3.41. The van der Waals surface area contributed by atoms with Crippen molar-refractivity contribution in [1.29, 1.82) is 0 Å². The van der Waals surface area contributed by atoms with Crippen LogP contribution in [0.3, 0.4) is 0 Å². The van der Waals surface area contributed by atoms with E-state index in [0.717, 1.165) is 12.0 Å². The number of ether oxygens (including phenoxy) is 3. The number of likely N-dealkylation sites (N-methyl/N-ethyl adjacent to an activating group) is 1. The minimum Gasteiger partial charge on any atom is -0.486 e. The van der Waals surface area contributed by atoms with E-state index in [1.165, 1.54) is 6.08 Å². The lowest BCUT2D eigenvalue weighted by Gasteiger charge is -2.19. The Morgan fingerprint density at radius 2 is 2.18 bits per heavy atom. The normalized spacial score (nSPS) is 13.4. The van der Waals surface area contributed by atoms with E-state index in [1.807, 2.05) is 6.07 Å². The molecule has 1 aromatic rings. The van der Waals surface area contributed by atoms with Crippen molar-refractivity contribution in [3.63, 3.8) is 0 Å². The second-order valence-electron chi connectivity index (χ2n) is 4.97. The van der Waals surface area contributed by atoms with E-state index in [-0.39, 0.29) is 5.91 Å². The standard InChI is InChI=1S/C16H20ClNO4/c1-18(6-3-7-20-2)15(19)5-4-12-10-13(17)16-14(11-12)21-8-9-22-16/h4-5,10-11H,3,6-9H2,1-2H3/b5-4+. The van der Waals surface area contributed by atoms with Crippen LogP contribution in [0.15, 0.2) is 18.2 Å². The summed E-state index contributed by atoms with van der Waals surface area (Å²) in [6.07, 6.45) is 4.05. The van der Waals surface area contributed by atoms with Gasteiger partial charge in [-0.05, 0) is 30.2 Å². The van der Waals surface area contributed by atoms with Gasteiger partial charge in [-0.1, -0.05) is 11.6 Å². The van der Waals surface area contributed by atoms with Gasteiger partial charge in [0, 0.05) is 33.4 Å². The summed E-state index contributed by atoms with van der Waals surface area (Å²) in [6.45, 7) is 2.28. The van der Waals surface area contributed by atoms with Crippen molar-refractivity contribution in [1.82, 2.24) is 4.90 Å². The summed E-state index contributed by atoms with van der Waals surface area (Å²) in [5.41, 5.74) is 0.799. The number of carbonyl (C=O) groups is 1. The van der Waals surface area contributed by atoms with Crippen LogP contribution in [0.1, 0.15) is 12.0 Å². The largest absolute Gasteiger partial charge is 0.486 e. The van der Waals surface area contributed by atoms with Gasteiger partial charge in [0.25, 0.3) is 0 Å². The molecule has 0 atom stereocenters. The second kappa shape index (κ2) is 8.06. The molecule has 1 aliphatic rings. The summed E-state index contributed by atoms with van der Waals surface area (Å²) >= 11 is 6.16. The molecule has 0 saturated carbocycles. The van der Waals surface area contributed by atoms with Gasteiger partial charge in [-0.25, -0.2) is 0 Å². The van der Waals surface area contributed by atoms with Crippen LogP contribution in [0.5, 0.6) is 11.5 Å². The first-order valence-corrected chi connectivity index (χ1v) is 7.51. The van der Waals surface area contributed by atoms with E-state index in [0.29, 0.717) is 42.9 Å². The first kappa shape index (κ1) is 16.6. The van der Waals surface area contributed by atoms with E-state index in [4.69, 9.17) is 25.8 Å². The summed E-state index contributed by atoms with van der Waals surface area (Å²) in [5.74, 6) is 1.11. The molecular weight excluding hydrogens is 306 g/mol. The highest BCUT2D eigenvalue weighted by atomic mass is 35.5. The Labute approximate surface area is 135 Å². The van der Waals surface area contributed by atoms with Gasteiger partial charge in [-0.2, -0.15) is 0 Å². The molecule has 22 heavy (non-hydrogen) atoms. The fourth-order valence-electron chi connectivity index (χ4n) is 2.08. The van der Waals surface area contributed by atoms with Crippen molar-refractivity contribution in [3.05, 3.63) is 28.8 Å². The molecule has 1 heterocycles. The Kier molecular flexibility index (Phi) is 6.10. The molecule has 0 unspecified atom stereocenters. The quantitative estimate of drug-likeness (QED) is 0.596. The average molecular weight is 326 g/mol. The number of fused-ring (bicyclic) bond motifs is 1. The molecule has 1 aromatic carbocycles. The molecule has 0 saturated heterocycles. The lowest BCUT2D eigenvalue weighted by atomic mass is 10.1. The fourth-order valence-corrected chi connectivity index (χ4v) is 2.35. The van der Waals surface area contributed by atoms with Crippen LogP contribution in [0.2, 0.25) is 5.02 Å². The lowest BCUT2D eigenvalue weighted by molar-refractivity contribution is -0.124. The highest BCUT2D eigenvalue weighted by Gasteiger charge is 2.16. The Balaban J connectivity index is 2.00. The molecule has 0 radical (unpaired) electrons. The van der Waals surface area contributed by atoms with E-state index in [9.17, 15) is 4.79 Å². The number of methoxy groups -OCH3 is 1. The smallest absolute Gasteiger partial charge is 0.246 e. The van der Waals surface area contributed by atoms with E-state index in [1.54, 1.807) is 31.2 Å². The average Bonchev–Trinajstić information content (AvgIpc) is 2.52. The minimum atomic E-state index is -0.0675. The molecule has 1 aliphatic heterocycles. The molecule has 120 valence electrons. The van der Waals surface area contributed by atoms with Gasteiger partial charge in [-0.3, -0.25) is 4.79 Å². The molecule has 0 aromatic heterocycles. The molecule has 0 fully saturated rings. The Hall–Kier alpha value is -1.72. The predicted molar refractivity (Wildman–Crippen MR) is 85.6 cm³/mol. The van der Waals surface area contributed by atoms with E-state index in [2.05, 4.69) is 0 Å². The van der Waals surface area contributed by atoms with Gasteiger partial charge < -0.3 is 19.1 Å². The Morgan fingerprint density at radius 3 is 2.95 bits per heavy atom. The summed E-state index contributed by atoms with van der Waals surface area (Å²) < 4.78 is 15.9. The summed E-state index contributed by atoms with van der Waals surface area (Å²) in [5, 5.41) is 0.484. The van der Waals surface area contributed by atoms with Crippen molar-refractivity contribution in [3.8, 4) is 11.5 Å². The zero-order valence-electron chi connectivity index (χ0n) is 12.8. The second-order valence-corrected chi connectivity index (χ2v) is 5.37. The van der Waals surface area contributed by atoms with Gasteiger partial charge in [0.2, 0.25) is 5.91 Å². The maximum absolute atomic E-state index is 12.0. The molecular formula is C16H20ClNO4. The number of hydrogen-bond acceptors (Lipinski definition) is 4. The Morgan fingerprint density at radius 1 is 1.41 bits per heavy atom. The summed E-state index contributed by atoms with van der Waals surface area (Å²) in [4.78, 5) is 13.6. The fraction of sp³-hybridized carbons (Fsp3) is 0.438. The topological polar surface area (TPSA) is 48.0 Å². The third kappa shape index (κ3) is 4.39. The van der Waals surface area contributed by atoms with Gasteiger partial charge >= 0.3 is 0 Å². The zero-order valence-corrected chi connectivity index (χ0v) is 13.6. The van der Waals surface area contributed by atoms with Crippen LogP contribution in [0.4, 0.5) is 0 Å². The van der Waals surface area contributed by atoms with Crippen molar-refractivity contribution < 1.29 is 19.0 Å². The molecule has 0 N–H and O–H groups in total. The van der Waals surface area contributed by atoms with Crippen LogP contribution < -0.4 is 9.47 Å².